The molecule has 0 aliphatic heterocycles. The van der Waals surface area contributed by atoms with Gasteiger partial charge in [0.25, 0.3) is 0 Å². The second-order valence-corrected chi connectivity index (χ2v) is 4.05. The molecule has 0 radical (unpaired) electrons. The third-order valence-electron chi connectivity index (χ3n) is 2.74. The van der Waals surface area contributed by atoms with Crippen molar-refractivity contribution in [2.75, 3.05) is 12.8 Å². The second-order valence-electron chi connectivity index (χ2n) is 4.05. The van der Waals surface area contributed by atoms with Gasteiger partial charge in [0.2, 0.25) is 0 Å². The van der Waals surface area contributed by atoms with Crippen LogP contribution in [0.25, 0.3) is 0 Å². The van der Waals surface area contributed by atoms with Crippen molar-refractivity contribution in [2.24, 2.45) is 0 Å². The summed E-state index contributed by atoms with van der Waals surface area (Å²) in [6.07, 6.45) is -1.19. The van der Waals surface area contributed by atoms with Crippen LogP contribution in [0.15, 0.2) is 11.0 Å². The summed E-state index contributed by atoms with van der Waals surface area (Å²) in [7, 11) is 1.34. The number of ether oxygens (including phenoxy) is 1. The van der Waals surface area contributed by atoms with Crippen LogP contribution >= 0.6 is 0 Å². The zero-order valence-corrected chi connectivity index (χ0v) is 10.7. The Bertz CT molecular complexity index is 458. The van der Waals surface area contributed by atoms with E-state index in [9.17, 15) is 15.0 Å². The molecule has 18 heavy (non-hydrogen) atoms. The lowest BCUT2D eigenvalue weighted by Crippen LogP contribution is -2.40. The molecular weight excluding hydrogens is 238 g/mol. The lowest BCUT2D eigenvalue weighted by atomic mass is 10.2. The Balaban J connectivity index is 3.25. The van der Waals surface area contributed by atoms with E-state index in [4.69, 9.17) is 10.5 Å². The van der Waals surface area contributed by atoms with Crippen molar-refractivity contribution in [3.05, 3.63) is 22.2 Å². The molecule has 102 valence electrons. The van der Waals surface area contributed by atoms with E-state index >= 15 is 0 Å². The Kier molecular flexibility index (Phi) is 4.83. The number of hydrogen-bond donors (Lipinski definition) is 3. The minimum Gasteiger partial charge on any atom is -0.391 e. The Morgan fingerprint density at radius 2 is 2.17 bits per heavy atom. The molecule has 0 amide bonds. The van der Waals surface area contributed by atoms with Crippen molar-refractivity contribution in [2.45, 2.75) is 38.7 Å². The van der Waals surface area contributed by atoms with E-state index in [-0.39, 0.29) is 5.82 Å². The van der Waals surface area contributed by atoms with Crippen molar-refractivity contribution < 1.29 is 14.9 Å². The van der Waals surface area contributed by atoms with Gasteiger partial charge in [-0.25, -0.2) is 4.79 Å². The van der Waals surface area contributed by atoms with E-state index in [1.807, 2.05) is 6.92 Å². The van der Waals surface area contributed by atoms with Gasteiger partial charge in [0, 0.05) is 18.9 Å². The highest BCUT2D eigenvalue weighted by molar-refractivity contribution is 5.36. The summed E-state index contributed by atoms with van der Waals surface area (Å²) in [5.41, 5.74) is 5.65. The third-order valence-corrected chi connectivity index (χ3v) is 2.74. The molecule has 1 aromatic heterocycles. The molecule has 3 atom stereocenters. The molecule has 7 nitrogen and oxygen atoms in total. The number of nitrogens with zero attached hydrogens (tertiary/aromatic N) is 2. The summed E-state index contributed by atoms with van der Waals surface area (Å²) < 4.78 is 6.18. The number of methoxy groups -OCH3 is 1. The van der Waals surface area contributed by atoms with Gasteiger partial charge in [0.1, 0.15) is 11.9 Å². The predicted octanol–water partition coefficient (Wildman–Crippen LogP) is -0.725. The van der Waals surface area contributed by atoms with Crippen LogP contribution < -0.4 is 11.4 Å². The first kappa shape index (κ1) is 14.6. The van der Waals surface area contributed by atoms with Crippen LogP contribution in [0.2, 0.25) is 0 Å². The van der Waals surface area contributed by atoms with E-state index in [0.29, 0.717) is 12.0 Å². The van der Waals surface area contributed by atoms with Gasteiger partial charge in [-0.3, -0.25) is 4.57 Å². The van der Waals surface area contributed by atoms with Gasteiger partial charge >= 0.3 is 5.69 Å². The zero-order chi connectivity index (χ0) is 13.9. The van der Waals surface area contributed by atoms with Crippen molar-refractivity contribution in [3.8, 4) is 0 Å². The van der Waals surface area contributed by atoms with Gasteiger partial charge in [0.15, 0.2) is 6.23 Å². The highest BCUT2D eigenvalue weighted by Crippen LogP contribution is 2.16. The topological polar surface area (TPSA) is 111 Å². The highest BCUT2D eigenvalue weighted by Gasteiger charge is 2.26. The minimum absolute atomic E-state index is 0.167. The molecule has 0 aliphatic rings. The minimum atomic E-state index is -1.23. The Hall–Kier alpha value is -1.44. The average Bonchev–Trinajstić information content (AvgIpc) is 2.32. The van der Waals surface area contributed by atoms with Crippen molar-refractivity contribution in [1.82, 2.24) is 9.55 Å². The monoisotopic (exact) mass is 257 g/mol. The fourth-order valence-corrected chi connectivity index (χ4v) is 1.63. The number of rotatable bonds is 5. The normalized spacial score (nSPS) is 16.3. The first-order valence-electron chi connectivity index (χ1n) is 5.68. The number of nitrogens with two attached hydrogens (primary N) is 1. The second kappa shape index (κ2) is 5.94. The number of aliphatic hydroxyl groups excluding tert-OH is 2. The molecule has 3 unspecified atom stereocenters. The highest BCUT2D eigenvalue weighted by atomic mass is 16.5. The van der Waals surface area contributed by atoms with Crippen LogP contribution in [0.4, 0.5) is 5.82 Å². The summed E-state index contributed by atoms with van der Waals surface area (Å²) in [5.74, 6) is 0.167. The lowest BCUT2D eigenvalue weighted by molar-refractivity contribution is -0.106. The largest absolute Gasteiger partial charge is 0.391 e. The number of hydrogen-bond acceptors (Lipinski definition) is 6. The summed E-state index contributed by atoms with van der Waals surface area (Å²) >= 11 is 0. The summed E-state index contributed by atoms with van der Waals surface area (Å²) in [5, 5.41) is 19.2. The molecule has 0 saturated heterocycles. The smallest absolute Gasteiger partial charge is 0.351 e. The number of aliphatic hydroxyl groups is 2. The fourth-order valence-electron chi connectivity index (χ4n) is 1.63. The molecule has 0 bridgehead atoms. The quantitative estimate of drug-likeness (QED) is 0.641. The van der Waals surface area contributed by atoms with Crippen LogP contribution in [0.3, 0.4) is 0 Å². The van der Waals surface area contributed by atoms with E-state index < -0.39 is 24.1 Å². The van der Waals surface area contributed by atoms with E-state index in [1.165, 1.54) is 20.2 Å². The number of nitrogen functional groups attached to an aromatic ring is 1. The third kappa shape index (κ3) is 2.87. The lowest BCUT2D eigenvalue weighted by Gasteiger charge is -2.25. The molecule has 0 aromatic carbocycles. The van der Waals surface area contributed by atoms with Gasteiger partial charge in [-0.2, -0.15) is 4.98 Å². The van der Waals surface area contributed by atoms with E-state index in [0.717, 1.165) is 4.57 Å². The standard InChI is InChI=1S/C11H19N3O4/c1-4-7-5-14(11(17)13-9(7)12)10(18-3)8(16)6(2)15/h5-6,8,10,15-16H,4H2,1-3H3,(H2,12,13,17). The van der Waals surface area contributed by atoms with E-state index in [2.05, 4.69) is 4.98 Å². The average molecular weight is 257 g/mol. The summed E-state index contributed by atoms with van der Waals surface area (Å²) in [4.78, 5) is 15.4. The molecule has 7 heteroatoms. The molecule has 0 saturated carbocycles. The van der Waals surface area contributed by atoms with E-state index in [1.54, 1.807) is 0 Å². The molecule has 1 rings (SSSR count). The number of aryl methyl sites for hydroxylation is 1. The fraction of sp³-hybridized carbons (Fsp3) is 0.636. The molecule has 1 aromatic rings. The van der Waals surface area contributed by atoms with Crippen LogP contribution in [0.1, 0.15) is 25.6 Å². The zero-order valence-electron chi connectivity index (χ0n) is 10.7. The van der Waals surface area contributed by atoms with Crippen LogP contribution in [0, 0.1) is 0 Å². The van der Waals surface area contributed by atoms with Gasteiger partial charge in [-0.05, 0) is 13.3 Å². The molecule has 0 aliphatic carbocycles. The maximum absolute atomic E-state index is 11.7. The Labute approximate surface area is 105 Å². The molecule has 0 fully saturated rings. The summed E-state index contributed by atoms with van der Waals surface area (Å²) in [6.45, 7) is 3.28. The van der Waals surface area contributed by atoms with Crippen molar-refractivity contribution in [1.29, 1.82) is 0 Å². The van der Waals surface area contributed by atoms with Crippen LogP contribution in [0.5, 0.6) is 0 Å². The molecule has 4 N–H and O–H groups in total. The van der Waals surface area contributed by atoms with Gasteiger partial charge < -0.3 is 20.7 Å². The van der Waals surface area contributed by atoms with Gasteiger partial charge in [-0.1, -0.05) is 6.92 Å². The number of anilines is 1. The number of aromatic nitrogens is 2. The predicted molar refractivity (Wildman–Crippen MR) is 66.0 cm³/mol. The van der Waals surface area contributed by atoms with Crippen LogP contribution in [-0.2, 0) is 11.2 Å². The molecule has 1 heterocycles. The maximum Gasteiger partial charge on any atom is 0.351 e. The first-order chi connectivity index (χ1) is 8.42. The van der Waals surface area contributed by atoms with Crippen molar-refractivity contribution in [3.63, 3.8) is 0 Å². The van der Waals surface area contributed by atoms with Gasteiger partial charge in [-0.15, -0.1) is 0 Å². The molecule has 0 spiro atoms. The van der Waals surface area contributed by atoms with Crippen molar-refractivity contribution >= 4 is 5.82 Å². The maximum atomic E-state index is 11.7. The molecular formula is C11H19N3O4. The SMILES string of the molecule is CCc1cn(C(OC)C(O)C(C)O)c(=O)nc1N. The first-order valence-corrected chi connectivity index (χ1v) is 5.68. The summed E-state index contributed by atoms with van der Waals surface area (Å²) in [6, 6.07) is 0. The van der Waals surface area contributed by atoms with Gasteiger partial charge in [0.05, 0.1) is 6.10 Å². The Morgan fingerprint density at radius 1 is 1.56 bits per heavy atom. The Morgan fingerprint density at radius 3 is 2.61 bits per heavy atom. The van der Waals surface area contributed by atoms with Crippen LogP contribution in [-0.4, -0.2) is 39.1 Å².